The number of nitrogens with one attached hydrogen (secondary N) is 1. The number of benzene rings is 1. The number of nitrogens with zero attached hydrogens (tertiary/aromatic N) is 2. The van der Waals surface area contributed by atoms with Crippen LogP contribution < -0.4 is 10.2 Å². The first-order chi connectivity index (χ1) is 11.4. The van der Waals surface area contributed by atoms with Gasteiger partial charge < -0.3 is 19.9 Å². The molecule has 1 saturated heterocycles. The third kappa shape index (κ3) is 4.75. The Morgan fingerprint density at radius 3 is 2.21 bits per heavy atom. The zero-order chi connectivity index (χ0) is 17.7. The van der Waals surface area contributed by atoms with Gasteiger partial charge in [-0.1, -0.05) is 13.8 Å². The molecule has 0 radical (unpaired) electrons. The summed E-state index contributed by atoms with van der Waals surface area (Å²) in [6.07, 6.45) is 0. The second-order valence-electron chi connectivity index (χ2n) is 6.14. The minimum atomic E-state index is -0.614. The van der Waals surface area contributed by atoms with Gasteiger partial charge in [0.1, 0.15) is 6.04 Å². The van der Waals surface area contributed by atoms with Crippen LogP contribution in [-0.2, 0) is 9.53 Å². The van der Waals surface area contributed by atoms with Crippen LogP contribution in [0.15, 0.2) is 24.3 Å². The number of rotatable bonds is 4. The minimum absolute atomic E-state index is 0.0190. The molecule has 0 saturated carbocycles. The minimum Gasteiger partial charge on any atom is -0.467 e. The Kier molecular flexibility index (Phi) is 6.70. The molecule has 2 rings (SSSR count). The maximum atomic E-state index is 12.4. The molecule has 0 bridgehead atoms. The van der Waals surface area contributed by atoms with Crippen molar-refractivity contribution < 1.29 is 14.3 Å². The van der Waals surface area contributed by atoms with Gasteiger partial charge in [-0.15, -0.1) is 0 Å². The van der Waals surface area contributed by atoms with Crippen molar-refractivity contribution in [3.8, 4) is 0 Å². The normalized spacial score (nSPS) is 16.0. The third-order valence-electron chi connectivity index (χ3n) is 4.16. The largest absolute Gasteiger partial charge is 0.467 e. The highest BCUT2D eigenvalue weighted by molar-refractivity contribution is 14.1. The quantitative estimate of drug-likeness (QED) is 0.571. The molecule has 0 aromatic heterocycles. The average Bonchev–Trinajstić information content (AvgIpc) is 2.59. The van der Waals surface area contributed by atoms with E-state index in [1.165, 1.54) is 16.4 Å². The Labute approximate surface area is 156 Å². The maximum Gasteiger partial charge on any atom is 0.328 e. The zero-order valence-corrected chi connectivity index (χ0v) is 16.4. The van der Waals surface area contributed by atoms with Crippen molar-refractivity contribution in [1.82, 2.24) is 10.2 Å². The number of amides is 2. The molecule has 6 nitrogen and oxygen atoms in total. The summed E-state index contributed by atoms with van der Waals surface area (Å²) in [4.78, 5) is 28.2. The fourth-order valence-electron chi connectivity index (χ4n) is 2.67. The first kappa shape index (κ1) is 18.8. The monoisotopic (exact) mass is 445 g/mol. The average molecular weight is 445 g/mol. The van der Waals surface area contributed by atoms with E-state index in [0.717, 1.165) is 13.1 Å². The van der Waals surface area contributed by atoms with Gasteiger partial charge in [-0.05, 0) is 52.8 Å². The van der Waals surface area contributed by atoms with E-state index in [0.29, 0.717) is 13.1 Å². The summed E-state index contributed by atoms with van der Waals surface area (Å²) in [6.45, 7) is 6.58. The molecule has 1 N–H and O–H groups in total. The highest BCUT2D eigenvalue weighted by atomic mass is 127. The standard InChI is InChI=1S/C17H24IN3O3/c1-12(2)15(16(22)24-3)19-17(23)21-10-8-20(9-11-21)14-6-4-13(18)5-7-14/h4-7,12,15H,8-11H2,1-3H3,(H,19,23)/t15-/m0/s1. The number of anilines is 1. The number of esters is 1. The van der Waals surface area contributed by atoms with Gasteiger partial charge in [-0.3, -0.25) is 0 Å². The van der Waals surface area contributed by atoms with Crippen molar-refractivity contribution in [2.75, 3.05) is 38.2 Å². The number of hydrogen-bond acceptors (Lipinski definition) is 4. The van der Waals surface area contributed by atoms with Crippen molar-refractivity contribution in [2.24, 2.45) is 5.92 Å². The maximum absolute atomic E-state index is 12.4. The molecule has 7 heteroatoms. The van der Waals surface area contributed by atoms with E-state index in [-0.39, 0.29) is 11.9 Å². The molecule has 1 aromatic rings. The molecule has 0 aliphatic carbocycles. The van der Waals surface area contributed by atoms with Crippen molar-refractivity contribution in [1.29, 1.82) is 0 Å². The van der Waals surface area contributed by atoms with E-state index in [1.807, 2.05) is 13.8 Å². The Bertz CT molecular complexity index is 569. The molecule has 2 amide bonds. The Morgan fingerprint density at radius 1 is 1.12 bits per heavy atom. The number of carbonyl (C=O) groups excluding carboxylic acids is 2. The molecule has 1 fully saturated rings. The molecule has 0 spiro atoms. The van der Waals surface area contributed by atoms with E-state index < -0.39 is 12.0 Å². The van der Waals surface area contributed by atoms with E-state index in [2.05, 4.69) is 57.1 Å². The van der Waals surface area contributed by atoms with Crippen LogP contribution in [0.5, 0.6) is 0 Å². The second-order valence-corrected chi connectivity index (χ2v) is 7.39. The Hall–Kier alpha value is -1.51. The van der Waals surface area contributed by atoms with Crippen LogP contribution in [0, 0.1) is 9.49 Å². The molecule has 1 aromatic carbocycles. The molecule has 24 heavy (non-hydrogen) atoms. The number of halogens is 1. The van der Waals surface area contributed by atoms with Crippen molar-refractivity contribution in [2.45, 2.75) is 19.9 Å². The van der Waals surface area contributed by atoms with Gasteiger partial charge in [0.25, 0.3) is 0 Å². The molecule has 1 aliphatic rings. The summed E-state index contributed by atoms with van der Waals surface area (Å²) in [5, 5.41) is 2.79. The topological polar surface area (TPSA) is 61.9 Å². The van der Waals surface area contributed by atoms with Gasteiger partial charge >= 0.3 is 12.0 Å². The highest BCUT2D eigenvalue weighted by Gasteiger charge is 2.28. The molecule has 0 unspecified atom stereocenters. The predicted octanol–water partition coefficient (Wildman–Crippen LogP) is 2.32. The van der Waals surface area contributed by atoms with Gasteiger partial charge in [0.2, 0.25) is 0 Å². The number of ether oxygens (including phenoxy) is 1. The number of urea groups is 1. The molecular formula is C17H24IN3O3. The van der Waals surface area contributed by atoms with Gasteiger partial charge in [-0.2, -0.15) is 0 Å². The summed E-state index contributed by atoms with van der Waals surface area (Å²) in [5.41, 5.74) is 1.17. The summed E-state index contributed by atoms with van der Waals surface area (Å²) in [5.74, 6) is -0.426. The number of methoxy groups -OCH3 is 1. The lowest BCUT2D eigenvalue weighted by atomic mass is 10.1. The van der Waals surface area contributed by atoms with E-state index in [9.17, 15) is 9.59 Å². The number of carbonyl (C=O) groups is 2. The SMILES string of the molecule is COC(=O)[C@@H](NC(=O)N1CCN(c2ccc(I)cc2)CC1)C(C)C. The Morgan fingerprint density at radius 2 is 1.71 bits per heavy atom. The number of piperazine rings is 1. The number of hydrogen-bond donors (Lipinski definition) is 1. The summed E-state index contributed by atoms with van der Waals surface area (Å²) < 4.78 is 5.97. The van der Waals surface area contributed by atoms with Crippen LogP contribution in [0.25, 0.3) is 0 Å². The van der Waals surface area contributed by atoms with Gasteiger partial charge in [0.05, 0.1) is 7.11 Å². The lowest BCUT2D eigenvalue weighted by Gasteiger charge is -2.36. The highest BCUT2D eigenvalue weighted by Crippen LogP contribution is 2.18. The van der Waals surface area contributed by atoms with Crippen molar-refractivity contribution in [3.63, 3.8) is 0 Å². The smallest absolute Gasteiger partial charge is 0.328 e. The first-order valence-electron chi connectivity index (χ1n) is 8.06. The lowest BCUT2D eigenvalue weighted by Crippen LogP contribution is -2.55. The molecule has 1 heterocycles. The fourth-order valence-corrected chi connectivity index (χ4v) is 3.03. The van der Waals surface area contributed by atoms with Crippen LogP contribution in [0.3, 0.4) is 0 Å². The molecule has 132 valence electrons. The van der Waals surface area contributed by atoms with E-state index >= 15 is 0 Å². The summed E-state index contributed by atoms with van der Waals surface area (Å²) in [6, 6.07) is 7.54. The van der Waals surface area contributed by atoms with Crippen LogP contribution in [0.2, 0.25) is 0 Å². The summed E-state index contributed by atoms with van der Waals surface area (Å²) in [7, 11) is 1.34. The molecule has 1 atom stereocenters. The molecular weight excluding hydrogens is 421 g/mol. The van der Waals surface area contributed by atoms with Gasteiger partial charge in [-0.25, -0.2) is 9.59 Å². The van der Waals surface area contributed by atoms with Crippen LogP contribution in [0.4, 0.5) is 10.5 Å². The fraction of sp³-hybridized carbons (Fsp3) is 0.529. The van der Waals surface area contributed by atoms with Gasteiger partial charge in [0, 0.05) is 35.4 Å². The zero-order valence-electron chi connectivity index (χ0n) is 14.3. The van der Waals surface area contributed by atoms with E-state index in [4.69, 9.17) is 4.74 Å². The second kappa shape index (κ2) is 8.55. The van der Waals surface area contributed by atoms with Crippen LogP contribution in [-0.4, -0.2) is 56.2 Å². The van der Waals surface area contributed by atoms with Crippen molar-refractivity contribution in [3.05, 3.63) is 27.8 Å². The van der Waals surface area contributed by atoms with Crippen molar-refractivity contribution >= 4 is 40.3 Å². The third-order valence-corrected chi connectivity index (χ3v) is 4.88. The predicted molar refractivity (Wildman–Crippen MR) is 102 cm³/mol. The lowest BCUT2D eigenvalue weighted by molar-refractivity contribution is -0.144. The van der Waals surface area contributed by atoms with Gasteiger partial charge in [0.15, 0.2) is 0 Å². The van der Waals surface area contributed by atoms with Crippen LogP contribution >= 0.6 is 22.6 Å². The van der Waals surface area contributed by atoms with Crippen LogP contribution in [0.1, 0.15) is 13.8 Å². The Balaban J connectivity index is 1.90. The first-order valence-corrected chi connectivity index (χ1v) is 9.14. The summed E-state index contributed by atoms with van der Waals surface area (Å²) >= 11 is 2.29. The molecule has 1 aliphatic heterocycles. The van der Waals surface area contributed by atoms with E-state index in [1.54, 1.807) is 4.90 Å².